The second-order valence-electron chi connectivity index (χ2n) is 19.0. The number of benzene rings is 10. The molecule has 2 aromatic heterocycles. The highest BCUT2D eigenvalue weighted by Gasteiger charge is 2.37. The van der Waals surface area contributed by atoms with Crippen molar-refractivity contribution in [3.8, 4) is 67.0 Å². The van der Waals surface area contributed by atoms with Gasteiger partial charge < -0.3 is 9.13 Å². The Bertz CT molecular complexity index is 3950. The van der Waals surface area contributed by atoms with Gasteiger partial charge in [-0.1, -0.05) is 159 Å². The van der Waals surface area contributed by atoms with Gasteiger partial charge >= 0.3 is 0 Å². The first-order valence-corrected chi connectivity index (χ1v) is 23.5. The van der Waals surface area contributed by atoms with Crippen LogP contribution in [0, 0.1) is 13.8 Å². The summed E-state index contributed by atoms with van der Waals surface area (Å²) in [5.74, 6) is 0. The zero-order valence-corrected chi connectivity index (χ0v) is 38.2. The molecule has 0 amide bonds. The van der Waals surface area contributed by atoms with Crippen LogP contribution in [0.25, 0.3) is 111 Å². The molecule has 0 radical (unpaired) electrons. The Morgan fingerprint density at radius 2 is 0.881 bits per heavy atom. The number of aromatic nitrogens is 2. The van der Waals surface area contributed by atoms with Crippen molar-refractivity contribution >= 4 is 43.6 Å². The van der Waals surface area contributed by atoms with Crippen LogP contribution in [0.2, 0.25) is 0 Å². The van der Waals surface area contributed by atoms with Gasteiger partial charge in [0, 0.05) is 38.3 Å². The van der Waals surface area contributed by atoms with Gasteiger partial charge in [0.15, 0.2) is 0 Å². The molecule has 0 spiro atoms. The molecule has 0 saturated heterocycles. The standard InChI is InChI=1S/C65H48N2/c1-41-18-11-12-23-50(41)54-37-44(31-30-42(54)2)45-32-33-58-55(38-45)56-39-57-52-24-13-15-27-60(52)67(63(57)40-59(56)65(58,3)4)49-35-46(43-19-7-5-8-20-43)34-47(36-49)51-26-17-29-62-64(51)53-25-14-16-28-61(53)66(62)48-21-9-6-10-22-48/h5-40H,1-4H3. The lowest BCUT2D eigenvalue weighted by molar-refractivity contribution is 0.661. The molecule has 2 heteroatoms. The molecule has 0 N–H and O–H groups in total. The van der Waals surface area contributed by atoms with Gasteiger partial charge in [0.05, 0.1) is 22.1 Å². The summed E-state index contributed by atoms with van der Waals surface area (Å²) in [4.78, 5) is 0. The molecule has 2 heterocycles. The molecular weight excluding hydrogens is 809 g/mol. The van der Waals surface area contributed by atoms with Gasteiger partial charge in [0.1, 0.15) is 0 Å². The van der Waals surface area contributed by atoms with Crippen LogP contribution < -0.4 is 0 Å². The van der Waals surface area contributed by atoms with Gasteiger partial charge in [-0.25, -0.2) is 0 Å². The highest BCUT2D eigenvalue weighted by molar-refractivity contribution is 6.16. The van der Waals surface area contributed by atoms with E-state index in [4.69, 9.17) is 0 Å². The normalized spacial score (nSPS) is 12.9. The lowest BCUT2D eigenvalue weighted by atomic mass is 9.82. The van der Waals surface area contributed by atoms with E-state index in [1.165, 1.54) is 122 Å². The van der Waals surface area contributed by atoms with E-state index >= 15 is 0 Å². The molecule has 0 unspecified atom stereocenters. The molecule has 67 heavy (non-hydrogen) atoms. The van der Waals surface area contributed by atoms with E-state index in [-0.39, 0.29) is 5.41 Å². The topological polar surface area (TPSA) is 9.86 Å². The highest BCUT2D eigenvalue weighted by Crippen LogP contribution is 2.52. The lowest BCUT2D eigenvalue weighted by Gasteiger charge is -2.22. The van der Waals surface area contributed by atoms with Crippen molar-refractivity contribution in [2.45, 2.75) is 33.1 Å². The minimum absolute atomic E-state index is 0.197. The summed E-state index contributed by atoms with van der Waals surface area (Å²) < 4.78 is 4.94. The molecule has 0 aliphatic heterocycles. The number of fused-ring (bicyclic) bond motifs is 9. The highest BCUT2D eigenvalue weighted by atomic mass is 15.0. The molecule has 0 atom stereocenters. The summed E-state index contributed by atoms with van der Waals surface area (Å²) in [5, 5.41) is 5.02. The summed E-state index contributed by atoms with van der Waals surface area (Å²) in [7, 11) is 0. The van der Waals surface area contributed by atoms with Crippen molar-refractivity contribution in [2.24, 2.45) is 0 Å². The van der Waals surface area contributed by atoms with Gasteiger partial charge in [-0.3, -0.25) is 0 Å². The number of rotatable bonds is 6. The van der Waals surface area contributed by atoms with Crippen molar-refractivity contribution in [1.29, 1.82) is 0 Å². The minimum atomic E-state index is -0.197. The Morgan fingerprint density at radius 1 is 0.299 bits per heavy atom. The quantitative estimate of drug-likeness (QED) is 0.158. The summed E-state index contributed by atoms with van der Waals surface area (Å²) in [5.41, 5.74) is 24.7. The number of para-hydroxylation sites is 3. The SMILES string of the molecule is Cc1ccccc1-c1cc(-c2ccc3c(c2)-c2cc4c5ccccc5n(-c5cc(-c6ccccc6)cc(-c6cccc7c6c6ccccc6n7-c6ccccc6)c5)c4cc2C3(C)C)ccc1C. The van der Waals surface area contributed by atoms with Crippen LogP contribution in [0.5, 0.6) is 0 Å². The summed E-state index contributed by atoms with van der Waals surface area (Å²) >= 11 is 0. The maximum atomic E-state index is 2.53. The third-order valence-electron chi connectivity index (χ3n) is 14.8. The monoisotopic (exact) mass is 856 g/mol. The maximum Gasteiger partial charge on any atom is 0.0547 e. The third kappa shape index (κ3) is 6.03. The van der Waals surface area contributed by atoms with Gasteiger partial charge in [-0.2, -0.15) is 0 Å². The van der Waals surface area contributed by atoms with Crippen molar-refractivity contribution in [3.63, 3.8) is 0 Å². The fourth-order valence-corrected chi connectivity index (χ4v) is 11.4. The first-order chi connectivity index (χ1) is 32.8. The molecule has 318 valence electrons. The number of nitrogens with zero attached hydrogens (tertiary/aromatic N) is 2. The molecule has 10 aromatic carbocycles. The molecule has 2 nitrogen and oxygen atoms in total. The Kier molecular flexibility index (Phi) is 8.73. The van der Waals surface area contributed by atoms with Crippen molar-refractivity contribution in [2.75, 3.05) is 0 Å². The van der Waals surface area contributed by atoms with E-state index in [1.807, 2.05) is 0 Å². The van der Waals surface area contributed by atoms with Crippen LogP contribution >= 0.6 is 0 Å². The molecule has 0 saturated carbocycles. The van der Waals surface area contributed by atoms with Crippen molar-refractivity contribution in [1.82, 2.24) is 9.13 Å². The van der Waals surface area contributed by atoms with E-state index in [9.17, 15) is 0 Å². The van der Waals surface area contributed by atoms with Gasteiger partial charge in [0.2, 0.25) is 0 Å². The van der Waals surface area contributed by atoms with E-state index in [0.717, 1.165) is 11.4 Å². The smallest absolute Gasteiger partial charge is 0.0547 e. The van der Waals surface area contributed by atoms with Crippen LogP contribution in [-0.4, -0.2) is 9.13 Å². The van der Waals surface area contributed by atoms with E-state index in [2.05, 4.69) is 255 Å². The predicted molar refractivity (Wildman–Crippen MR) is 284 cm³/mol. The Labute approximate surface area is 391 Å². The average Bonchev–Trinajstić information content (AvgIpc) is 3.96. The number of aryl methyl sites for hydroxylation is 2. The average molecular weight is 857 g/mol. The summed E-state index contributed by atoms with van der Waals surface area (Å²) in [6, 6.07) is 81.3. The number of hydrogen-bond acceptors (Lipinski definition) is 0. The molecule has 0 fully saturated rings. The second kappa shape index (κ2) is 14.9. The lowest BCUT2D eigenvalue weighted by Crippen LogP contribution is -2.15. The Morgan fingerprint density at radius 3 is 1.67 bits per heavy atom. The van der Waals surface area contributed by atoms with E-state index in [0.29, 0.717) is 0 Å². The summed E-state index contributed by atoms with van der Waals surface area (Å²) in [6.07, 6.45) is 0. The molecule has 1 aliphatic carbocycles. The van der Waals surface area contributed by atoms with Crippen molar-refractivity contribution in [3.05, 3.63) is 241 Å². The van der Waals surface area contributed by atoms with Crippen LogP contribution in [0.15, 0.2) is 218 Å². The van der Waals surface area contributed by atoms with E-state index in [1.54, 1.807) is 0 Å². The predicted octanol–water partition coefficient (Wildman–Crippen LogP) is 17.5. The Hall–Kier alpha value is -8.20. The third-order valence-corrected chi connectivity index (χ3v) is 14.8. The largest absolute Gasteiger partial charge is 0.309 e. The molecule has 12 aromatic rings. The second-order valence-corrected chi connectivity index (χ2v) is 19.0. The fourth-order valence-electron chi connectivity index (χ4n) is 11.4. The zero-order valence-electron chi connectivity index (χ0n) is 38.2. The summed E-state index contributed by atoms with van der Waals surface area (Å²) in [6.45, 7) is 9.23. The van der Waals surface area contributed by atoms with Gasteiger partial charge in [0.25, 0.3) is 0 Å². The maximum absolute atomic E-state index is 2.53. The van der Waals surface area contributed by atoms with Gasteiger partial charge in [-0.05, 0) is 165 Å². The zero-order chi connectivity index (χ0) is 45.0. The van der Waals surface area contributed by atoms with Gasteiger partial charge in [-0.15, -0.1) is 0 Å². The van der Waals surface area contributed by atoms with Crippen LogP contribution in [0.4, 0.5) is 0 Å². The van der Waals surface area contributed by atoms with Crippen LogP contribution in [-0.2, 0) is 5.41 Å². The first kappa shape index (κ1) is 39.2. The molecule has 13 rings (SSSR count). The van der Waals surface area contributed by atoms with Crippen LogP contribution in [0.1, 0.15) is 36.1 Å². The van der Waals surface area contributed by atoms with Crippen LogP contribution in [0.3, 0.4) is 0 Å². The molecule has 1 aliphatic rings. The van der Waals surface area contributed by atoms with Crippen molar-refractivity contribution < 1.29 is 0 Å². The minimum Gasteiger partial charge on any atom is -0.309 e. The molecule has 0 bridgehead atoms. The molecular formula is C65H48N2. The number of hydrogen-bond donors (Lipinski definition) is 0. The Balaban J connectivity index is 1.02. The van der Waals surface area contributed by atoms with E-state index < -0.39 is 0 Å². The fraction of sp³-hybridized carbons (Fsp3) is 0.0769. The first-order valence-electron chi connectivity index (χ1n) is 23.5.